The van der Waals surface area contributed by atoms with Crippen LogP contribution >= 0.6 is 0 Å². The van der Waals surface area contributed by atoms with E-state index in [4.69, 9.17) is 0 Å². The van der Waals surface area contributed by atoms with Crippen LogP contribution in [-0.4, -0.2) is 28.1 Å². The molecule has 3 aromatic carbocycles. The van der Waals surface area contributed by atoms with Crippen molar-refractivity contribution in [3.8, 4) is 0 Å². The molecule has 0 radical (unpaired) electrons. The summed E-state index contributed by atoms with van der Waals surface area (Å²) in [4.78, 5) is 34.5. The molecule has 24 heavy (non-hydrogen) atoms. The average Bonchev–Trinajstić information content (AvgIpc) is 2.50. The summed E-state index contributed by atoms with van der Waals surface area (Å²) in [6.07, 6.45) is 0. The minimum atomic E-state index is -1.20. The lowest BCUT2D eigenvalue weighted by atomic mass is 9.93. The summed E-state index contributed by atoms with van der Waals surface area (Å²) in [5.74, 6) is -2.62. The van der Waals surface area contributed by atoms with Crippen molar-refractivity contribution in [2.45, 2.75) is 6.92 Å². The number of carbonyl (C=O) groups excluding carboxylic acids is 1. The summed E-state index contributed by atoms with van der Waals surface area (Å²) in [5.41, 5.74) is 0.424. The highest BCUT2D eigenvalue weighted by atomic mass is 16.4. The van der Waals surface area contributed by atoms with E-state index in [1.807, 2.05) is 0 Å². The van der Waals surface area contributed by atoms with E-state index in [0.29, 0.717) is 21.8 Å². The summed E-state index contributed by atoms with van der Waals surface area (Å²) in [6.45, 7) is 1.38. The van der Waals surface area contributed by atoms with Gasteiger partial charge in [-0.2, -0.15) is 0 Å². The van der Waals surface area contributed by atoms with Gasteiger partial charge >= 0.3 is 11.9 Å². The van der Waals surface area contributed by atoms with Crippen LogP contribution < -0.4 is 5.32 Å². The highest BCUT2D eigenvalue weighted by molar-refractivity contribution is 6.21. The molecule has 0 spiro atoms. The van der Waals surface area contributed by atoms with Crippen molar-refractivity contribution in [1.82, 2.24) is 0 Å². The van der Waals surface area contributed by atoms with Gasteiger partial charge in [0.15, 0.2) is 0 Å². The first-order chi connectivity index (χ1) is 11.4. The Morgan fingerprint density at radius 2 is 1.67 bits per heavy atom. The third kappa shape index (κ3) is 2.54. The molecule has 0 aliphatic rings. The van der Waals surface area contributed by atoms with Crippen LogP contribution in [0, 0.1) is 0 Å². The molecule has 3 aromatic rings. The lowest BCUT2D eigenvalue weighted by Gasteiger charge is -2.12. The molecule has 0 bridgehead atoms. The smallest absolute Gasteiger partial charge is 0.336 e. The molecule has 0 aliphatic carbocycles. The Kier molecular flexibility index (Phi) is 3.65. The molecule has 3 rings (SSSR count). The molecular weight excluding hydrogens is 310 g/mol. The van der Waals surface area contributed by atoms with E-state index in [0.717, 1.165) is 0 Å². The van der Waals surface area contributed by atoms with Crippen LogP contribution in [-0.2, 0) is 4.79 Å². The maximum Gasteiger partial charge on any atom is 0.336 e. The second kappa shape index (κ2) is 5.66. The highest BCUT2D eigenvalue weighted by Gasteiger charge is 2.19. The van der Waals surface area contributed by atoms with Crippen LogP contribution in [0.5, 0.6) is 0 Å². The first kappa shape index (κ1) is 15.5. The van der Waals surface area contributed by atoms with Gasteiger partial charge in [-0.3, -0.25) is 4.79 Å². The summed E-state index contributed by atoms with van der Waals surface area (Å²) in [7, 11) is 0. The number of rotatable bonds is 3. The summed E-state index contributed by atoms with van der Waals surface area (Å²) < 4.78 is 0. The largest absolute Gasteiger partial charge is 0.478 e. The van der Waals surface area contributed by atoms with Gasteiger partial charge in [-0.15, -0.1) is 0 Å². The molecular formula is C18H13NO5. The fourth-order valence-corrected chi connectivity index (χ4v) is 2.86. The lowest BCUT2D eigenvalue weighted by molar-refractivity contribution is -0.114. The maximum atomic E-state index is 11.8. The molecule has 0 saturated heterocycles. The molecule has 0 unspecified atom stereocenters. The Balaban J connectivity index is 2.44. The average molecular weight is 323 g/mol. The molecule has 1 amide bonds. The van der Waals surface area contributed by atoms with Gasteiger partial charge in [-0.25, -0.2) is 9.59 Å². The zero-order valence-corrected chi connectivity index (χ0v) is 12.7. The monoisotopic (exact) mass is 323 g/mol. The third-order valence-corrected chi connectivity index (χ3v) is 3.74. The van der Waals surface area contributed by atoms with E-state index in [2.05, 4.69) is 5.32 Å². The van der Waals surface area contributed by atoms with Gasteiger partial charge in [0, 0.05) is 18.0 Å². The van der Waals surface area contributed by atoms with E-state index in [1.165, 1.54) is 13.0 Å². The Hall–Kier alpha value is -3.41. The summed E-state index contributed by atoms with van der Waals surface area (Å²) in [5, 5.41) is 23.4. The maximum absolute atomic E-state index is 11.8. The number of aromatic carboxylic acids is 2. The van der Waals surface area contributed by atoms with Crippen molar-refractivity contribution in [2.24, 2.45) is 0 Å². The number of anilines is 1. The first-order valence-corrected chi connectivity index (χ1v) is 7.12. The Morgan fingerprint density at radius 1 is 0.917 bits per heavy atom. The summed E-state index contributed by atoms with van der Waals surface area (Å²) in [6, 6.07) is 11.2. The van der Waals surface area contributed by atoms with Crippen molar-refractivity contribution in [3.63, 3.8) is 0 Å². The van der Waals surface area contributed by atoms with Crippen molar-refractivity contribution in [2.75, 3.05) is 5.32 Å². The fourth-order valence-electron chi connectivity index (χ4n) is 2.86. The molecule has 0 aromatic heterocycles. The fraction of sp³-hybridized carbons (Fsp3) is 0.0556. The van der Waals surface area contributed by atoms with Gasteiger partial charge in [0.1, 0.15) is 0 Å². The van der Waals surface area contributed by atoms with Crippen molar-refractivity contribution in [3.05, 3.63) is 53.6 Å². The van der Waals surface area contributed by atoms with Crippen LogP contribution in [0.15, 0.2) is 42.5 Å². The van der Waals surface area contributed by atoms with E-state index in [1.54, 1.807) is 36.4 Å². The van der Waals surface area contributed by atoms with Gasteiger partial charge in [0.25, 0.3) is 0 Å². The molecule has 3 N–H and O–H groups in total. The number of fused-ring (bicyclic) bond motifs is 2. The number of carboxylic acids is 2. The first-order valence-electron chi connectivity index (χ1n) is 7.12. The van der Waals surface area contributed by atoms with Crippen LogP contribution in [0.4, 0.5) is 5.69 Å². The number of carbonyl (C=O) groups is 3. The van der Waals surface area contributed by atoms with Crippen molar-refractivity contribution < 1.29 is 24.6 Å². The van der Waals surface area contributed by atoms with Gasteiger partial charge < -0.3 is 15.5 Å². The number of hydrogen-bond acceptors (Lipinski definition) is 3. The van der Waals surface area contributed by atoms with Crippen LogP contribution in [0.3, 0.4) is 0 Å². The van der Waals surface area contributed by atoms with Gasteiger partial charge in [0.05, 0.1) is 11.1 Å². The van der Waals surface area contributed by atoms with Crippen molar-refractivity contribution in [1.29, 1.82) is 0 Å². The summed E-state index contributed by atoms with van der Waals surface area (Å²) >= 11 is 0. The molecule has 0 saturated carbocycles. The molecule has 0 atom stereocenters. The molecule has 120 valence electrons. The molecule has 6 heteroatoms. The number of carboxylic acid groups (broad SMARTS) is 2. The zero-order valence-electron chi connectivity index (χ0n) is 12.7. The van der Waals surface area contributed by atoms with Gasteiger partial charge in [-0.1, -0.05) is 18.2 Å². The second-order valence-electron chi connectivity index (χ2n) is 5.38. The van der Waals surface area contributed by atoms with E-state index in [-0.39, 0.29) is 22.4 Å². The number of amides is 1. The topological polar surface area (TPSA) is 104 Å². The zero-order chi connectivity index (χ0) is 17.4. The predicted octanol–water partition coefficient (Wildman–Crippen LogP) is 3.35. The number of hydrogen-bond donors (Lipinski definition) is 3. The Bertz CT molecular complexity index is 1020. The Labute approximate surface area is 136 Å². The number of benzene rings is 3. The predicted molar refractivity (Wildman–Crippen MR) is 89.7 cm³/mol. The van der Waals surface area contributed by atoms with E-state index in [9.17, 15) is 24.6 Å². The molecule has 6 nitrogen and oxygen atoms in total. The third-order valence-electron chi connectivity index (χ3n) is 3.74. The van der Waals surface area contributed by atoms with Crippen molar-refractivity contribution >= 4 is 45.1 Å². The lowest BCUT2D eigenvalue weighted by Crippen LogP contribution is -2.07. The molecule has 0 aliphatic heterocycles. The highest BCUT2D eigenvalue weighted by Crippen LogP contribution is 2.32. The van der Waals surface area contributed by atoms with E-state index < -0.39 is 11.9 Å². The van der Waals surface area contributed by atoms with Crippen LogP contribution in [0.25, 0.3) is 21.5 Å². The second-order valence-corrected chi connectivity index (χ2v) is 5.38. The van der Waals surface area contributed by atoms with E-state index >= 15 is 0 Å². The standard InChI is InChI=1S/C18H13NO5/c1-9(20)19-12-5-6-13-11(8-12)7-10-3-2-4-14(17(21)22)15(10)16(13)18(23)24/h2-8H,1H3,(H,19,20)(H,21,22)(H,23,24). The number of nitrogens with one attached hydrogen (secondary N) is 1. The minimum Gasteiger partial charge on any atom is -0.478 e. The normalized spacial score (nSPS) is 10.7. The Morgan fingerprint density at radius 3 is 2.29 bits per heavy atom. The van der Waals surface area contributed by atoms with Crippen LogP contribution in [0.1, 0.15) is 27.6 Å². The quantitative estimate of drug-likeness (QED) is 0.641. The SMILES string of the molecule is CC(=O)Nc1ccc2c(C(=O)O)c3c(C(=O)O)cccc3cc2c1. The minimum absolute atomic E-state index is 0.0577. The molecule has 0 fully saturated rings. The van der Waals surface area contributed by atoms with Gasteiger partial charge in [0.2, 0.25) is 5.91 Å². The van der Waals surface area contributed by atoms with Crippen LogP contribution in [0.2, 0.25) is 0 Å². The molecule has 0 heterocycles. The van der Waals surface area contributed by atoms with Gasteiger partial charge in [-0.05, 0) is 40.4 Å².